The number of amides is 1. The number of anilines is 1. The third kappa shape index (κ3) is 5.36. The van der Waals surface area contributed by atoms with E-state index < -0.39 is 0 Å². The molecule has 0 bridgehead atoms. The predicted octanol–water partition coefficient (Wildman–Crippen LogP) is 4.04. The molecule has 0 fully saturated rings. The number of hydrogen-bond donors (Lipinski definition) is 1. The second-order valence-corrected chi connectivity index (χ2v) is 6.20. The number of carbonyl (C=O) groups is 1. The smallest absolute Gasteiger partial charge is 0.234 e. The molecule has 0 spiro atoms. The molecule has 128 valence electrons. The average molecular weight is 355 g/mol. The van der Waals surface area contributed by atoms with Gasteiger partial charge in [-0.15, -0.1) is 11.8 Å². The normalized spacial score (nSPS) is 10.4. The van der Waals surface area contributed by atoms with E-state index in [0.717, 1.165) is 11.4 Å². The summed E-state index contributed by atoms with van der Waals surface area (Å²) in [7, 11) is 0. The van der Waals surface area contributed by atoms with Crippen LogP contribution in [-0.2, 0) is 10.5 Å². The van der Waals surface area contributed by atoms with Gasteiger partial charge in [0.2, 0.25) is 11.8 Å². The van der Waals surface area contributed by atoms with Crippen molar-refractivity contribution in [3.63, 3.8) is 0 Å². The highest BCUT2D eigenvalue weighted by Crippen LogP contribution is 2.22. The molecular weight excluding hydrogens is 338 g/mol. The van der Waals surface area contributed by atoms with E-state index in [-0.39, 0.29) is 5.91 Å². The minimum Gasteiger partial charge on any atom is -0.457 e. The zero-order valence-electron chi connectivity index (χ0n) is 13.6. The molecule has 1 amide bonds. The lowest BCUT2D eigenvalue weighted by atomic mass is 10.3. The number of ether oxygens (including phenoxy) is 1. The SMILES string of the molecule is Cc1nc(CSCC(=O)Nc2ccc(Oc3ccccc3)cc2)no1. The zero-order chi connectivity index (χ0) is 17.5. The van der Waals surface area contributed by atoms with Gasteiger partial charge in [-0.2, -0.15) is 4.98 Å². The zero-order valence-corrected chi connectivity index (χ0v) is 14.5. The minimum absolute atomic E-state index is 0.0815. The number of rotatable bonds is 7. The van der Waals surface area contributed by atoms with E-state index in [4.69, 9.17) is 9.26 Å². The van der Waals surface area contributed by atoms with Crippen molar-refractivity contribution in [2.45, 2.75) is 12.7 Å². The van der Waals surface area contributed by atoms with Crippen molar-refractivity contribution >= 4 is 23.4 Å². The molecule has 6 nitrogen and oxygen atoms in total. The van der Waals surface area contributed by atoms with Crippen molar-refractivity contribution in [3.8, 4) is 11.5 Å². The van der Waals surface area contributed by atoms with E-state index in [1.165, 1.54) is 11.8 Å². The third-order valence-electron chi connectivity index (χ3n) is 3.15. The maximum atomic E-state index is 12.0. The van der Waals surface area contributed by atoms with Gasteiger partial charge in [-0.1, -0.05) is 23.4 Å². The Morgan fingerprint density at radius 1 is 1.12 bits per heavy atom. The highest BCUT2D eigenvalue weighted by atomic mass is 32.2. The molecule has 1 aromatic heterocycles. The first-order chi connectivity index (χ1) is 12.2. The summed E-state index contributed by atoms with van der Waals surface area (Å²) >= 11 is 1.43. The molecule has 3 rings (SSSR count). The first-order valence-corrected chi connectivity index (χ1v) is 8.84. The van der Waals surface area contributed by atoms with Crippen LogP contribution in [0.25, 0.3) is 0 Å². The van der Waals surface area contributed by atoms with Crippen LogP contribution in [0, 0.1) is 6.92 Å². The van der Waals surface area contributed by atoms with Crippen LogP contribution in [0.2, 0.25) is 0 Å². The van der Waals surface area contributed by atoms with Crippen LogP contribution in [0.3, 0.4) is 0 Å². The number of hydrogen-bond acceptors (Lipinski definition) is 6. The highest BCUT2D eigenvalue weighted by Gasteiger charge is 2.06. The van der Waals surface area contributed by atoms with Gasteiger partial charge < -0.3 is 14.6 Å². The van der Waals surface area contributed by atoms with Crippen molar-refractivity contribution in [1.82, 2.24) is 10.1 Å². The first-order valence-electron chi connectivity index (χ1n) is 7.69. The van der Waals surface area contributed by atoms with Gasteiger partial charge in [0, 0.05) is 12.6 Å². The molecule has 0 aliphatic carbocycles. The van der Waals surface area contributed by atoms with E-state index in [0.29, 0.717) is 29.0 Å². The molecule has 7 heteroatoms. The van der Waals surface area contributed by atoms with Gasteiger partial charge in [-0.3, -0.25) is 4.79 Å². The Balaban J connectivity index is 1.45. The Morgan fingerprint density at radius 3 is 2.52 bits per heavy atom. The van der Waals surface area contributed by atoms with E-state index in [2.05, 4.69) is 15.5 Å². The van der Waals surface area contributed by atoms with Crippen LogP contribution < -0.4 is 10.1 Å². The summed E-state index contributed by atoms with van der Waals surface area (Å²) in [5.41, 5.74) is 0.724. The number of aryl methyl sites for hydroxylation is 1. The lowest BCUT2D eigenvalue weighted by molar-refractivity contribution is -0.113. The predicted molar refractivity (Wildman–Crippen MR) is 96.8 cm³/mol. The second-order valence-electron chi connectivity index (χ2n) is 5.21. The highest BCUT2D eigenvalue weighted by molar-refractivity contribution is 7.99. The summed E-state index contributed by atoms with van der Waals surface area (Å²) in [4.78, 5) is 16.0. The summed E-state index contributed by atoms with van der Waals surface area (Å²) in [6.45, 7) is 1.74. The molecule has 1 heterocycles. The van der Waals surface area contributed by atoms with Gasteiger partial charge in [0.25, 0.3) is 0 Å². The maximum Gasteiger partial charge on any atom is 0.234 e. The van der Waals surface area contributed by atoms with Gasteiger partial charge in [0.1, 0.15) is 11.5 Å². The largest absolute Gasteiger partial charge is 0.457 e. The maximum absolute atomic E-state index is 12.0. The molecule has 2 aromatic carbocycles. The van der Waals surface area contributed by atoms with Crippen LogP contribution in [-0.4, -0.2) is 21.8 Å². The lowest BCUT2D eigenvalue weighted by Gasteiger charge is -2.08. The fourth-order valence-corrected chi connectivity index (χ4v) is 2.72. The molecule has 0 unspecified atom stereocenters. The number of nitrogens with zero attached hydrogens (tertiary/aromatic N) is 2. The Labute approximate surface area is 149 Å². The van der Waals surface area contributed by atoms with Gasteiger partial charge >= 0.3 is 0 Å². The number of thioether (sulfide) groups is 1. The van der Waals surface area contributed by atoms with Gasteiger partial charge in [-0.05, 0) is 36.4 Å². The first kappa shape index (κ1) is 17.0. The van der Waals surface area contributed by atoms with Crippen molar-refractivity contribution in [2.24, 2.45) is 0 Å². The summed E-state index contributed by atoms with van der Waals surface area (Å²) in [6, 6.07) is 16.8. The van der Waals surface area contributed by atoms with Crippen LogP contribution in [0.5, 0.6) is 11.5 Å². The number of para-hydroxylation sites is 1. The Bertz CT molecular complexity index is 819. The fourth-order valence-electron chi connectivity index (χ4n) is 2.06. The van der Waals surface area contributed by atoms with Crippen molar-refractivity contribution in [2.75, 3.05) is 11.1 Å². The lowest BCUT2D eigenvalue weighted by Crippen LogP contribution is -2.14. The topological polar surface area (TPSA) is 77.2 Å². The van der Waals surface area contributed by atoms with Crippen LogP contribution in [0.15, 0.2) is 59.1 Å². The number of benzene rings is 2. The standard InChI is InChI=1S/C18H17N3O3S/c1-13-19-17(21-24-13)11-25-12-18(22)20-14-7-9-16(10-8-14)23-15-5-3-2-4-6-15/h2-10H,11-12H2,1H3,(H,20,22). The molecule has 0 aliphatic heterocycles. The molecule has 3 aromatic rings. The molecule has 0 saturated carbocycles. The summed E-state index contributed by atoms with van der Waals surface area (Å²) in [6.07, 6.45) is 0. The van der Waals surface area contributed by atoms with E-state index in [1.807, 2.05) is 54.6 Å². The monoisotopic (exact) mass is 355 g/mol. The van der Waals surface area contributed by atoms with Crippen LogP contribution >= 0.6 is 11.8 Å². The molecule has 0 atom stereocenters. The number of aromatic nitrogens is 2. The molecular formula is C18H17N3O3S. The summed E-state index contributed by atoms with van der Waals surface area (Å²) in [5, 5.41) is 6.63. The molecule has 1 N–H and O–H groups in total. The summed E-state index contributed by atoms with van der Waals surface area (Å²) in [5.74, 6) is 3.38. The number of nitrogens with one attached hydrogen (secondary N) is 1. The van der Waals surface area contributed by atoms with E-state index in [1.54, 1.807) is 6.92 Å². The Kier molecular flexibility index (Phi) is 5.69. The van der Waals surface area contributed by atoms with E-state index >= 15 is 0 Å². The molecule has 0 saturated heterocycles. The van der Waals surface area contributed by atoms with Gasteiger partial charge in [-0.25, -0.2) is 0 Å². The van der Waals surface area contributed by atoms with Crippen molar-refractivity contribution in [1.29, 1.82) is 0 Å². The van der Waals surface area contributed by atoms with Gasteiger partial charge in [0.05, 0.1) is 11.5 Å². The molecule has 0 radical (unpaired) electrons. The second kappa shape index (κ2) is 8.34. The quantitative estimate of drug-likeness (QED) is 0.689. The summed E-state index contributed by atoms with van der Waals surface area (Å²) < 4.78 is 10.6. The van der Waals surface area contributed by atoms with Gasteiger partial charge in [0.15, 0.2) is 5.82 Å². The third-order valence-corrected chi connectivity index (χ3v) is 4.08. The molecule has 0 aliphatic rings. The van der Waals surface area contributed by atoms with Crippen molar-refractivity contribution < 1.29 is 14.1 Å². The number of carbonyl (C=O) groups excluding carboxylic acids is 1. The Hall–Kier alpha value is -2.80. The minimum atomic E-state index is -0.0815. The molecule has 25 heavy (non-hydrogen) atoms. The van der Waals surface area contributed by atoms with Crippen LogP contribution in [0.1, 0.15) is 11.7 Å². The Morgan fingerprint density at radius 2 is 1.84 bits per heavy atom. The average Bonchev–Trinajstić information content (AvgIpc) is 3.03. The fraction of sp³-hybridized carbons (Fsp3) is 0.167. The van der Waals surface area contributed by atoms with Crippen molar-refractivity contribution in [3.05, 3.63) is 66.3 Å². The van der Waals surface area contributed by atoms with E-state index in [9.17, 15) is 4.79 Å². The van der Waals surface area contributed by atoms with Crippen LogP contribution in [0.4, 0.5) is 5.69 Å².